The van der Waals surface area contributed by atoms with Gasteiger partial charge in [0.25, 0.3) is 5.92 Å². The van der Waals surface area contributed by atoms with Crippen LogP contribution in [0.3, 0.4) is 0 Å². The largest absolute Gasteiger partial charge is 0.465 e. The zero-order chi connectivity index (χ0) is 41.8. The van der Waals surface area contributed by atoms with Crippen molar-refractivity contribution in [2.75, 3.05) is 39.6 Å². The quantitative estimate of drug-likeness (QED) is 0.0300. The lowest BCUT2D eigenvalue weighted by atomic mass is 9.79. The summed E-state index contributed by atoms with van der Waals surface area (Å²) in [4.78, 5) is 62.4. The molecule has 0 aromatic heterocycles. The third kappa shape index (κ3) is 20.8. The third-order valence-corrected chi connectivity index (χ3v) is 10.8. The van der Waals surface area contributed by atoms with Crippen molar-refractivity contribution in [3.05, 3.63) is 24.3 Å². The van der Waals surface area contributed by atoms with E-state index in [0.717, 1.165) is 25.7 Å². The molecule has 1 spiro atoms. The number of unbranched alkanes of at least 4 members (excludes halogenated alkanes) is 8. The second kappa shape index (κ2) is 28.1. The molecule has 11 nitrogen and oxygen atoms in total. The van der Waals surface area contributed by atoms with Crippen LogP contribution in [0.25, 0.3) is 0 Å². The Balaban J connectivity index is 1.78. The van der Waals surface area contributed by atoms with Crippen LogP contribution in [0.15, 0.2) is 24.3 Å². The highest BCUT2D eigenvalue weighted by Gasteiger charge is 2.70. The van der Waals surface area contributed by atoms with Gasteiger partial charge in [-0.25, -0.2) is 8.78 Å². The summed E-state index contributed by atoms with van der Waals surface area (Å²) in [6.45, 7) is 2.98. The van der Waals surface area contributed by atoms with Crippen LogP contribution in [0.5, 0.6) is 0 Å². The number of halogens is 2. The Kier molecular flexibility index (Phi) is 24.6. The molecular weight excluding hydrogens is 742 g/mol. The van der Waals surface area contributed by atoms with Crippen LogP contribution in [-0.4, -0.2) is 80.5 Å². The maximum atomic E-state index is 13.9. The number of aliphatic hydroxyl groups excluding tert-OH is 1. The van der Waals surface area contributed by atoms with Crippen LogP contribution in [0, 0.1) is 16.7 Å². The van der Waals surface area contributed by atoms with Crippen molar-refractivity contribution in [1.82, 2.24) is 0 Å². The summed E-state index contributed by atoms with van der Waals surface area (Å²) in [5.74, 6) is -5.78. The molecule has 2 aliphatic rings. The van der Waals surface area contributed by atoms with Gasteiger partial charge in [-0.05, 0) is 89.9 Å². The zero-order valence-electron chi connectivity index (χ0n) is 34.7. The fourth-order valence-corrected chi connectivity index (χ4v) is 6.74. The van der Waals surface area contributed by atoms with Crippen molar-refractivity contribution in [2.24, 2.45) is 16.7 Å². The number of esters is 5. The molecule has 2 fully saturated rings. The monoisotopic (exact) mass is 812 g/mol. The molecule has 2 aliphatic carbocycles. The molecule has 0 aromatic carbocycles. The highest BCUT2D eigenvalue weighted by Crippen LogP contribution is 2.68. The van der Waals surface area contributed by atoms with E-state index in [9.17, 15) is 37.9 Å². The van der Waals surface area contributed by atoms with Crippen LogP contribution >= 0.6 is 0 Å². The van der Waals surface area contributed by atoms with Gasteiger partial charge in [-0.1, -0.05) is 63.8 Å². The molecular formula is C44H70F2O11. The van der Waals surface area contributed by atoms with E-state index in [0.29, 0.717) is 51.7 Å². The molecule has 0 atom stereocenters. The average Bonchev–Trinajstić information content (AvgIpc) is 3.74. The molecule has 2 rings (SSSR count). The molecule has 13 heteroatoms. The molecule has 0 heterocycles. The lowest BCUT2D eigenvalue weighted by Gasteiger charge is -2.32. The van der Waals surface area contributed by atoms with Crippen molar-refractivity contribution < 1.29 is 61.5 Å². The van der Waals surface area contributed by atoms with Gasteiger partial charge in [0.15, 0.2) is 0 Å². The van der Waals surface area contributed by atoms with E-state index in [-0.39, 0.29) is 69.7 Å². The predicted octanol–water partition coefficient (Wildman–Crippen LogP) is 9.07. The Bertz CT molecular complexity index is 1190. The number of ether oxygens (including phenoxy) is 5. The van der Waals surface area contributed by atoms with E-state index in [2.05, 4.69) is 26.0 Å². The van der Waals surface area contributed by atoms with Gasteiger partial charge in [0.1, 0.15) is 19.8 Å². The number of alkyl halides is 2. The van der Waals surface area contributed by atoms with Gasteiger partial charge in [-0.3, -0.25) is 24.0 Å². The van der Waals surface area contributed by atoms with Gasteiger partial charge in [-0.2, -0.15) is 0 Å². The van der Waals surface area contributed by atoms with Crippen LogP contribution < -0.4 is 0 Å². The van der Waals surface area contributed by atoms with E-state index in [1.54, 1.807) is 0 Å². The van der Waals surface area contributed by atoms with Gasteiger partial charge in [0, 0.05) is 37.5 Å². The number of rotatable bonds is 32. The smallest absolute Gasteiger partial charge is 0.308 e. The molecule has 0 aliphatic heterocycles. The lowest BCUT2D eigenvalue weighted by Crippen LogP contribution is -2.43. The van der Waals surface area contributed by atoms with Crippen molar-refractivity contribution in [3.8, 4) is 0 Å². The normalized spacial score (nSPS) is 18.8. The number of hydrogen-bond donors (Lipinski definition) is 1. The lowest BCUT2D eigenvalue weighted by molar-refractivity contribution is -0.168. The Morgan fingerprint density at radius 2 is 0.982 bits per heavy atom. The third-order valence-electron chi connectivity index (χ3n) is 10.8. The first kappa shape index (κ1) is 49.8. The maximum Gasteiger partial charge on any atom is 0.308 e. The Morgan fingerprint density at radius 3 is 1.37 bits per heavy atom. The van der Waals surface area contributed by atoms with Crippen LogP contribution in [0.1, 0.15) is 162 Å². The number of carbonyl (C=O) groups excluding carboxylic acids is 5. The first-order chi connectivity index (χ1) is 27.4. The van der Waals surface area contributed by atoms with Gasteiger partial charge >= 0.3 is 29.8 Å². The molecule has 0 bridgehead atoms. The summed E-state index contributed by atoms with van der Waals surface area (Å²) < 4.78 is 54.7. The van der Waals surface area contributed by atoms with Gasteiger partial charge in [0.05, 0.1) is 31.2 Å². The summed E-state index contributed by atoms with van der Waals surface area (Å²) in [5, 5.41) is 10.4. The minimum atomic E-state index is -2.69. The van der Waals surface area contributed by atoms with Crippen molar-refractivity contribution in [1.29, 1.82) is 0 Å². The minimum Gasteiger partial charge on any atom is -0.465 e. The van der Waals surface area contributed by atoms with Crippen molar-refractivity contribution in [2.45, 2.75) is 167 Å². The molecule has 1 N–H and O–H groups in total. The second-order valence-electron chi connectivity index (χ2n) is 15.9. The summed E-state index contributed by atoms with van der Waals surface area (Å²) in [6.07, 6.45) is 21.2. The SMILES string of the molecule is CCCCC/C=C\CCOC(=O)CCCCC(=O)OCC(CO)(COC(=O)CCCCC(=O)OCC/C=C\CCCCC)COC(=O)C1CCC2(CC1)CC2(F)F. The first-order valence-electron chi connectivity index (χ1n) is 21.5. The van der Waals surface area contributed by atoms with E-state index >= 15 is 0 Å². The molecule has 0 radical (unpaired) electrons. The number of allylic oxidation sites excluding steroid dienone is 2. The molecule has 0 saturated heterocycles. The molecule has 326 valence electrons. The Hall–Kier alpha value is -3.35. The standard InChI is InChI=1S/C44H70F2O11/c1-3-5-7-9-11-13-19-29-53-37(48)21-15-17-23-39(50)55-33-42(32-47,35-57-41(52)36-25-27-43(28-26-36)31-44(43,45)46)34-56-40(51)24-18-16-22-38(49)54-30-20-14-12-10-8-6-4-2/h11-14,36,47H,3-10,15-35H2,1-2H3/b13-11-,14-12-. The van der Waals surface area contributed by atoms with Crippen molar-refractivity contribution in [3.63, 3.8) is 0 Å². The molecule has 0 unspecified atom stereocenters. The van der Waals surface area contributed by atoms with Crippen LogP contribution in [0.2, 0.25) is 0 Å². The second-order valence-corrected chi connectivity index (χ2v) is 15.9. The predicted molar refractivity (Wildman–Crippen MR) is 211 cm³/mol. The topological polar surface area (TPSA) is 152 Å². The van der Waals surface area contributed by atoms with Crippen LogP contribution in [0.4, 0.5) is 8.78 Å². The Labute approximate surface area is 339 Å². The zero-order valence-corrected chi connectivity index (χ0v) is 34.7. The number of carbonyl (C=O) groups is 5. The van der Waals surface area contributed by atoms with Gasteiger partial charge in [0.2, 0.25) is 0 Å². The molecule has 2 saturated carbocycles. The first-order valence-corrected chi connectivity index (χ1v) is 21.5. The van der Waals surface area contributed by atoms with E-state index in [1.165, 1.54) is 25.7 Å². The van der Waals surface area contributed by atoms with E-state index in [1.807, 2.05) is 12.2 Å². The molecule has 0 amide bonds. The fraction of sp³-hybridized carbons (Fsp3) is 0.795. The molecule has 57 heavy (non-hydrogen) atoms. The van der Waals surface area contributed by atoms with Gasteiger partial charge in [-0.15, -0.1) is 0 Å². The highest BCUT2D eigenvalue weighted by atomic mass is 19.3. The number of hydrogen-bond acceptors (Lipinski definition) is 11. The van der Waals surface area contributed by atoms with Crippen molar-refractivity contribution >= 4 is 29.8 Å². The summed E-state index contributed by atoms with van der Waals surface area (Å²) in [5.41, 5.74) is -2.49. The molecule has 0 aromatic rings. The van der Waals surface area contributed by atoms with E-state index < -0.39 is 67.0 Å². The maximum absolute atomic E-state index is 13.9. The fourth-order valence-electron chi connectivity index (χ4n) is 6.74. The van der Waals surface area contributed by atoms with Crippen LogP contribution in [-0.2, 0) is 47.7 Å². The van der Waals surface area contributed by atoms with Gasteiger partial charge < -0.3 is 28.8 Å². The number of aliphatic hydroxyl groups is 1. The Morgan fingerprint density at radius 1 is 0.596 bits per heavy atom. The summed E-state index contributed by atoms with van der Waals surface area (Å²) in [6, 6.07) is 0. The highest BCUT2D eigenvalue weighted by molar-refractivity contribution is 5.73. The summed E-state index contributed by atoms with van der Waals surface area (Å²) >= 11 is 0. The average molecular weight is 813 g/mol. The summed E-state index contributed by atoms with van der Waals surface area (Å²) in [7, 11) is 0. The minimum absolute atomic E-state index is 0.0124. The van der Waals surface area contributed by atoms with E-state index in [4.69, 9.17) is 23.7 Å².